The quantitative estimate of drug-likeness (QED) is 0.922. The van der Waals surface area contributed by atoms with Crippen LogP contribution < -0.4 is 4.72 Å². The van der Waals surface area contributed by atoms with Crippen molar-refractivity contribution in [2.24, 2.45) is 0 Å². The number of halogens is 1. The third-order valence-electron chi connectivity index (χ3n) is 3.54. The van der Waals surface area contributed by atoms with Crippen LogP contribution in [0, 0.1) is 0 Å². The summed E-state index contributed by atoms with van der Waals surface area (Å²) in [5.74, 6) is 0. The van der Waals surface area contributed by atoms with Crippen LogP contribution in [0.25, 0.3) is 0 Å². The molecule has 0 spiro atoms. The Morgan fingerprint density at radius 1 is 1.28 bits per heavy atom. The van der Waals surface area contributed by atoms with E-state index in [0.29, 0.717) is 4.47 Å². The lowest BCUT2D eigenvalue weighted by atomic mass is 9.96. The molecule has 2 aliphatic heterocycles. The van der Waals surface area contributed by atoms with Crippen molar-refractivity contribution in [2.75, 3.05) is 0 Å². The number of nitrogens with one attached hydrogen (secondary N) is 1. The summed E-state index contributed by atoms with van der Waals surface area (Å²) in [5, 5.41) is 0. The van der Waals surface area contributed by atoms with Crippen molar-refractivity contribution in [3.8, 4) is 0 Å². The summed E-state index contributed by atoms with van der Waals surface area (Å²) in [6.07, 6.45) is 3.08. The zero-order chi connectivity index (χ0) is 12.8. The van der Waals surface area contributed by atoms with Gasteiger partial charge in [0.2, 0.25) is 10.0 Å². The molecule has 18 heavy (non-hydrogen) atoms. The first-order valence-electron chi connectivity index (χ1n) is 5.98. The van der Waals surface area contributed by atoms with Crippen LogP contribution in [-0.2, 0) is 14.8 Å². The highest BCUT2D eigenvalue weighted by atomic mass is 79.9. The Labute approximate surface area is 115 Å². The molecule has 0 radical (unpaired) electrons. The Balaban J connectivity index is 1.82. The Morgan fingerprint density at radius 3 is 2.67 bits per heavy atom. The summed E-state index contributed by atoms with van der Waals surface area (Å²) in [6.45, 7) is 0. The van der Waals surface area contributed by atoms with Gasteiger partial charge in [0.15, 0.2) is 0 Å². The average molecular weight is 332 g/mol. The van der Waals surface area contributed by atoms with E-state index in [4.69, 9.17) is 4.74 Å². The molecule has 1 N–H and O–H groups in total. The molecule has 1 aromatic rings. The first-order chi connectivity index (χ1) is 8.56. The molecule has 0 amide bonds. The van der Waals surface area contributed by atoms with Crippen LogP contribution in [0.1, 0.15) is 19.3 Å². The van der Waals surface area contributed by atoms with Crippen LogP contribution in [0.2, 0.25) is 0 Å². The van der Waals surface area contributed by atoms with E-state index in [2.05, 4.69) is 20.7 Å². The van der Waals surface area contributed by atoms with Crippen LogP contribution in [0.4, 0.5) is 0 Å². The molecule has 2 fully saturated rings. The SMILES string of the molecule is O=S(=O)(NC1CC2CCC1O2)c1ccccc1Br. The van der Waals surface area contributed by atoms with E-state index >= 15 is 0 Å². The first kappa shape index (κ1) is 12.6. The van der Waals surface area contributed by atoms with Gasteiger partial charge in [-0.2, -0.15) is 0 Å². The lowest BCUT2D eigenvalue weighted by molar-refractivity contribution is 0.0996. The highest BCUT2D eigenvalue weighted by molar-refractivity contribution is 9.10. The molecule has 98 valence electrons. The second kappa shape index (κ2) is 4.59. The predicted octanol–water partition coefficient (Wildman–Crippen LogP) is 2.05. The third-order valence-corrected chi connectivity index (χ3v) is 6.04. The average Bonchev–Trinajstić information content (AvgIpc) is 2.90. The summed E-state index contributed by atoms with van der Waals surface area (Å²) in [4.78, 5) is 0.285. The largest absolute Gasteiger partial charge is 0.373 e. The fourth-order valence-corrected chi connectivity index (χ4v) is 4.97. The van der Waals surface area contributed by atoms with Gasteiger partial charge < -0.3 is 4.74 Å². The predicted molar refractivity (Wildman–Crippen MR) is 70.8 cm³/mol. The highest BCUT2D eigenvalue weighted by Gasteiger charge is 2.42. The summed E-state index contributed by atoms with van der Waals surface area (Å²) >= 11 is 3.27. The van der Waals surface area contributed by atoms with Crippen molar-refractivity contribution in [1.29, 1.82) is 0 Å². The van der Waals surface area contributed by atoms with E-state index in [1.807, 2.05) is 0 Å². The Kier molecular flexibility index (Phi) is 3.21. The topological polar surface area (TPSA) is 55.4 Å². The number of hydrogen-bond donors (Lipinski definition) is 1. The third kappa shape index (κ3) is 2.22. The molecule has 0 aromatic heterocycles. The lowest BCUT2D eigenvalue weighted by Gasteiger charge is -2.20. The molecule has 1 aromatic carbocycles. The van der Waals surface area contributed by atoms with Gasteiger partial charge in [0.05, 0.1) is 23.1 Å². The summed E-state index contributed by atoms with van der Waals surface area (Å²) in [7, 11) is -3.47. The minimum Gasteiger partial charge on any atom is -0.373 e. The summed E-state index contributed by atoms with van der Waals surface area (Å²) in [6, 6.07) is 6.76. The number of ether oxygens (including phenoxy) is 1. The molecule has 4 nitrogen and oxygen atoms in total. The molecule has 3 unspecified atom stereocenters. The van der Waals surface area contributed by atoms with E-state index in [9.17, 15) is 8.42 Å². The Bertz CT molecular complexity index is 560. The van der Waals surface area contributed by atoms with E-state index < -0.39 is 10.0 Å². The van der Waals surface area contributed by atoms with Crippen molar-refractivity contribution in [1.82, 2.24) is 4.72 Å². The highest BCUT2D eigenvalue weighted by Crippen LogP contribution is 2.35. The maximum Gasteiger partial charge on any atom is 0.242 e. The maximum absolute atomic E-state index is 12.3. The molecule has 3 atom stereocenters. The number of rotatable bonds is 3. The number of hydrogen-bond acceptors (Lipinski definition) is 3. The molecule has 6 heteroatoms. The fourth-order valence-electron chi connectivity index (χ4n) is 2.69. The lowest BCUT2D eigenvalue weighted by Crippen LogP contribution is -2.41. The summed E-state index contributed by atoms with van der Waals surface area (Å²) in [5.41, 5.74) is 0. The van der Waals surface area contributed by atoms with Crippen LogP contribution in [0.5, 0.6) is 0 Å². The van der Waals surface area contributed by atoms with Gasteiger partial charge in [-0.3, -0.25) is 0 Å². The second-order valence-corrected chi connectivity index (χ2v) is 7.30. The molecular weight excluding hydrogens is 318 g/mol. The molecule has 3 rings (SSSR count). The monoisotopic (exact) mass is 331 g/mol. The van der Waals surface area contributed by atoms with E-state index in [1.165, 1.54) is 0 Å². The minimum absolute atomic E-state index is 0.0484. The Morgan fingerprint density at radius 2 is 2.06 bits per heavy atom. The number of sulfonamides is 1. The number of benzene rings is 1. The fraction of sp³-hybridized carbons (Fsp3) is 0.500. The van der Waals surface area contributed by atoms with Crippen LogP contribution in [-0.4, -0.2) is 26.7 Å². The molecular formula is C12H14BrNO3S. The van der Waals surface area contributed by atoms with Gasteiger partial charge in [-0.05, 0) is 47.3 Å². The van der Waals surface area contributed by atoms with Crippen molar-refractivity contribution in [2.45, 2.75) is 42.4 Å². The number of fused-ring (bicyclic) bond motifs is 2. The van der Waals surface area contributed by atoms with Gasteiger partial charge in [0.25, 0.3) is 0 Å². The van der Waals surface area contributed by atoms with E-state index in [-0.39, 0.29) is 23.1 Å². The smallest absolute Gasteiger partial charge is 0.242 e. The molecule has 2 aliphatic rings. The van der Waals surface area contributed by atoms with Crippen LogP contribution in [0.15, 0.2) is 33.6 Å². The molecule has 2 heterocycles. The van der Waals surface area contributed by atoms with Gasteiger partial charge in [0.1, 0.15) is 0 Å². The molecule has 0 aliphatic carbocycles. The van der Waals surface area contributed by atoms with Crippen molar-refractivity contribution in [3.05, 3.63) is 28.7 Å². The van der Waals surface area contributed by atoms with Crippen molar-refractivity contribution in [3.63, 3.8) is 0 Å². The van der Waals surface area contributed by atoms with Gasteiger partial charge in [-0.1, -0.05) is 12.1 Å². The Hall–Kier alpha value is -0.430. The van der Waals surface area contributed by atoms with Gasteiger partial charge in [-0.25, -0.2) is 13.1 Å². The summed E-state index contributed by atoms with van der Waals surface area (Å²) < 4.78 is 33.6. The molecule has 0 saturated carbocycles. The van der Waals surface area contributed by atoms with Crippen LogP contribution >= 0.6 is 15.9 Å². The van der Waals surface area contributed by atoms with Gasteiger partial charge in [-0.15, -0.1) is 0 Å². The second-order valence-electron chi connectivity index (χ2n) is 4.77. The first-order valence-corrected chi connectivity index (χ1v) is 8.26. The molecule has 2 bridgehead atoms. The zero-order valence-corrected chi connectivity index (χ0v) is 12.1. The minimum atomic E-state index is -3.47. The van der Waals surface area contributed by atoms with Crippen molar-refractivity contribution < 1.29 is 13.2 Å². The normalized spacial score (nSPS) is 30.8. The van der Waals surface area contributed by atoms with Gasteiger partial charge in [0, 0.05) is 4.47 Å². The van der Waals surface area contributed by atoms with E-state index in [1.54, 1.807) is 24.3 Å². The standard InChI is InChI=1S/C12H14BrNO3S/c13-9-3-1-2-4-12(9)18(15,16)14-10-7-8-5-6-11(10)17-8/h1-4,8,10-11,14H,5-7H2. The van der Waals surface area contributed by atoms with E-state index in [0.717, 1.165) is 19.3 Å². The van der Waals surface area contributed by atoms with Crippen molar-refractivity contribution >= 4 is 26.0 Å². The maximum atomic E-state index is 12.3. The molecule has 2 saturated heterocycles. The zero-order valence-electron chi connectivity index (χ0n) is 9.67. The van der Waals surface area contributed by atoms with Crippen LogP contribution in [0.3, 0.4) is 0 Å². The van der Waals surface area contributed by atoms with Gasteiger partial charge >= 0.3 is 0 Å².